The topological polar surface area (TPSA) is 35.2 Å². The summed E-state index contributed by atoms with van der Waals surface area (Å²) in [7, 11) is 1.67. The van der Waals surface area contributed by atoms with Crippen molar-refractivity contribution in [2.24, 2.45) is 5.73 Å². The Kier molecular flexibility index (Phi) is 3.27. The number of benzene rings is 1. The minimum atomic E-state index is -0.0601. The van der Waals surface area contributed by atoms with Crippen LogP contribution in [0.1, 0.15) is 22.0 Å². The third-order valence-corrected chi connectivity index (χ3v) is 3.74. The van der Waals surface area contributed by atoms with Crippen molar-refractivity contribution in [1.82, 2.24) is 0 Å². The van der Waals surface area contributed by atoms with Gasteiger partial charge in [-0.05, 0) is 41.6 Å². The van der Waals surface area contributed by atoms with Crippen molar-refractivity contribution in [3.05, 3.63) is 51.7 Å². The Balaban J connectivity index is 2.33. The fourth-order valence-corrected chi connectivity index (χ4v) is 2.64. The lowest BCUT2D eigenvalue weighted by Gasteiger charge is -2.12. The molecule has 3 heteroatoms. The molecule has 84 valence electrons. The van der Waals surface area contributed by atoms with Gasteiger partial charge in [0.05, 0.1) is 13.2 Å². The molecule has 2 rings (SSSR count). The van der Waals surface area contributed by atoms with E-state index in [1.165, 1.54) is 10.4 Å². The molecule has 2 nitrogen and oxygen atoms in total. The minimum absolute atomic E-state index is 0.0601. The standard InChI is InChI=1S/C13H15NOS/c1-9-6-7-16-13(9)12(14)10-4-3-5-11(8-10)15-2/h3-8,12H,14H2,1-2H3. The molecule has 2 aromatic rings. The van der Waals surface area contributed by atoms with Gasteiger partial charge >= 0.3 is 0 Å². The van der Waals surface area contributed by atoms with Gasteiger partial charge in [-0.1, -0.05) is 12.1 Å². The molecule has 0 bridgehead atoms. The molecule has 1 aromatic heterocycles. The molecule has 1 unspecified atom stereocenters. The van der Waals surface area contributed by atoms with E-state index in [1.807, 2.05) is 24.3 Å². The first-order chi connectivity index (χ1) is 7.72. The number of nitrogens with two attached hydrogens (primary N) is 1. The summed E-state index contributed by atoms with van der Waals surface area (Å²) in [6.45, 7) is 2.09. The van der Waals surface area contributed by atoms with E-state index in [4.69, 9.17) is 10.5 Å². The summed E-state index contributed by atoms with van der Waals surface area (Å²) in [5.74, 6) is 0.849. The molecule has 0 radical (unpaired) electrons. The lowest BCUT2D eigenvalue weighted by Crippen LogP contribution is -2.11. The highest BCUT2D eigenvalue weighted by Crippen LogP contribution is 2.28. The molecule has 16 heavy (non-hydrogen) atoms. The number of thiophene rings is 1. The molecular formula is C13H15NOS. The quantitative estimate of drug-likeness (QED) is 0.884. The Morgan fingerprint density at radius 2 is 2.12 bits per heavy atom. The predicted octanol–water partition coefficient (Wildman–Crippen LogP) is 3.11. The smallest absolute Gasteiger partial charge is 0.119 e. The number of methoxy groups -OCH3 is 1. The second kappa shape index (κ2) is 4.68. The minimum Gasteiger partial charge on any atom is -0.497 e. The van der Waals surface area contributed by atoms with Crippen LogP contribution in [0.4, 0.5) is 0 Å². The summed E-state index contributed by atoms with van der Waals surface area (Å²) in [5.41, 5.74) is 8.58. The van der Waals surface area contributed by atoms with Gasteiger partial charge in [-0.3, -0.25) is 0 Å². The predicted molar refractivity (Wildman–Crippen MR) is 68.1 cm³/mol. The summed E-state index contributed by atoms with van der Waals surface area (Å²) in [4.78, 5) is 1.22. The fraction of sp³-hybridized carbons (Fsp3) is 0.231. The first-order valence-electron chi connectivity index (χ1n) is 5.16. The Hall–Kier alpha value is -1.32. The summed E-state index contributed by atoms with van der Waals surface area (Å²) in [6.07, 6.45) is 0. The number of aryl methyl sites for hydroxylation is 1. The Bertz CT molecular complexity index is 478. The van der Waals surface area contributed by atoms with Crippen molar-refractivity contribution in [3.8, 4) is 5.75 Å². The van der Waals surface area contributed by atoms with Gasteiger partial charge in [-0.2, -0.15) is 0 Å². The van der Waals surface area contributed by atoms with Crippen LogP contribution in [0.2, 0.25) is 0 Å². The maximum Gasteiger partial charge on any atom is 0.119 e. The van der Waals surface area contributed by atoms with Gasteiger partial charge in [-0.15, -0.1) is 11.3 Å². The van der Waals surface area contributed by atoms with E-state index >= 15 is 0 Å². The Morgan fingerprint density at radius 3 is 2.75 bits per heavy atom. The highest BCUT2D eigenvalue weighted by atomic mass is 32.1. The number of hydrogen-bond acceptors (Lipinski definition) is 3. The van der Waals surface area contributed by atoms with E-state index in [0.29, 0.717) is 0 Å². The zero-order chi connectivity index (χ0) is 11.5. The van der Waals surface area contributed by atoms with E-state index in [2.05, 4.69) is 18.4 Å². The molecule has 0 spiro atoms. The second-order valence-electron chi connectivity index (χ2n) is 3.72. The van der Waals surface area contributed by atoms with Crippen molar-refractivity contribution in [2.75, 3.05) is 7.11 Å². The summed E-state index contributed by atoms with van der Waals surface area (Å²) in [6, 6.07) is 9.96. The highest BCUT2D eigenvalue weighted by Gasteiger charge is 2.13. The fourth-order valence-electron chi connectivity index (χ4n) is 1.69. The van der Waals surface area contributed by atoms with Gasteiger partial charge in [0.25, 0.3) is 0 Å². The SMILES string of the molecule is COc1cccc(C(N)c2sccc2C)c1. The van der Waals surface area contributed by atoms with Gasteiger partial charge in [-0.25, -0.2) is 0 Å². The average molecular weight is 233 g/mol. The molecule has 0 amide bonds. The first-order valence-corrected chi connectivity index (χ1v) is 6.04. The lowest BCUT2D eigenvalue weighted by molar-refractivity contribution is 0.414. The van der Waals surface area contributed by atoms with Crippen LogP contribution in [0.25, 0.3) is 0 Å². The largest absolute Gasteiger partial charge is 0.497 e. The number of hydrogen-bond donors (Lipinski definition) is 1. The van der Waals surface area contributed by atoms with Crippen LogP contribution < -0.4 is 10.5 Å². The first kappa shape index (κ1) is 11.2. The maximum atomic E-state index is 6.24. The van der Waals surface area contributed by atoms with Gasteiger partial charge < -0.3 is 10.5 Å². The van der Waals surface area contributed by atoms with Crippen molar-refractivity contribution in [1.29, 1.82) is 0 Å². The molecular weight excluding hydrogens is 218 g/mol. The number of ether oxygens (including phenoxy) is 1. The van der Waals surface area contributed by atoms with Crippen molar-refractivity contribution in [2.45, 2.75) is 13.0 Å². The van der Waals surface area contributed by atoms with E-state index in [9.17, 15) is 0 Å². The molecule has 0 saturated heterocycles. The molecule has 0 saturated carbocycles. The third-order valence-electron chi connectivity index (χ3n) is 2.64. The van der Waals surface area contributed by atoms with Gasteiger partial charge in [0.15, 0.2) is 0 Å². The maximum absolute atomic E-state index is 6.24. The summed E-state index contributed by atoms with van der Waals surface area (Å²) < 4.78 is 5.20. The van der Waals surface area contributed by atoms with Crippen molar-refractivity contribution in [3.63, 3.8) is 0 Å². The molecule has 0 aliphatic heterocycles. The van der Waals surface area contributed by atoms with Crippen LogP contribution in [0.15, 0.2) is 35.7 Å². The van der Waals surface area contributed by atoms with Crippen LogP contribution in [0, 0.1) is 6.92 Å². The molecule has 0 fully saturated rings. The van der Waals surface area contributed by atoms with Gasteiger partial charge in [0.1, 0.15) is 5.75 Å². The van der Waals surface area contributed by atoms with Crippen LogP contribution >= 0.6 is 11.3 Å². The van der Waals surface area contributed by atoms with Crippen LogP contribution in [-0.2, 0) is 0 Å². The molecule has 1 aromatic carbocycles. The van der Waals surface area contributed by atoms with E-state index in [-0.39, 0.29) is 6.04 Å². The molecule has 0 aliphatic carbocycles. The lowest BCUT2D eigenvalue weighted by atomic mass is 10.0. The molecule has 1 atom stereocenters. The zero-order valence-corrected chi connectivity index (χ0v) is 10.3. The zero-order valence-electron chi connectivity index (χ0n) is 9.44. The Morgan fingerprint density at radius 1 is 1.31 bits per heavy atom. The van der Waals surface area contributed by atoms with Crippen LogP contribution in [0.3, 0.4) is 0 Å². The van der Waals surface area contributed by atoms with Crippen molar-refractivity contribution >= 4 is 11.3 Å². The van der Waals surface area contributed by atoms with Crippen LogP contribution in [-0.4, -0.2) is 7.11 Å². The highest BCUT2D eigenvalue weighted by molar-refractivity contribution is 7.10. The van der Waals surface area contributed by atoms with Crippen molar-refractivity contribution < 1.29 is 4.74 Å². The summed E-state index contributed by atoms with van der Waals surface area (Å²) >= 11 is 1.70. The molecule has 1 heterocycles. The van der Waals surface area contributed by atoms with Gasteiger partial charge in [0.2, 0.25) is 0 Å². The number of rotatable bonds is 3. The summed E-state index contributed by atoms with van der Waals surface area (Å²) in [5, 5.41) is 2.07. The second-order valence-corrected chi connectivity index (χ2v) is 4.67. The Labute approximate surface area is 99.7 Å². The average Bonchev–Trinajstić information content (AvgIpc) is 2.74. The van der Waals surface area contributed by atoms with Gasteiger partial charge in [0, 0.05) is 4.88 Å². The third kappa shape index (κ3) is 2.10. The van der Waals surface area contributed by atoms with E-state index in [0.717, 1.165) is 11.3 Å². The van der Waals surface area contributed by atoms with E-state index in [1.54, 1.807) is 18.4 Å². The normalized spacial score (nSPS) is 12.4. The monoisotopic (exact) mass is 233 g/mol. The molecule has 2 N–H and O–H groups in total. The molecule has 0 aliphatic rings. The van der Waals surface area contributed by atoms with E-state index < -0.39 is 0 Å². The van der Waals surface area contributed by atoms with Crippen LogP contribution in [0.5, 0.6) is 5.75 Å².